The quantitative estimate of drug-likeness (QED) is 0.451. The maximum Gasteiger partial charge on any atom is 0.343 e. The number of esters is 1. The molecule has 0 amide bonds. The molecule has 0 spiro atoms. The zero-order valence-electron chi connectivity index (χ0n) is 12.7. The summed E-state index contributed by atoms with van der Waals surface area (Å²) in [6.45, 7) is 0. The number of carbonyl (C=O) groups excluding carboxylic acids is 2. The smallest absolute Gasteiger partial charge is 0.343 e. The molecule has 0 saturated carbocycles. The van der Waals surface area contributed by atoms with Gasteiger partial charge < -0.3 is 9.84 Å². The molecule has 0 aliphatic rings. The second kappa shape index (κ2) is 6.79. The molecule has 0 radical (unpaired) electrons. The second-order valence-corrected chi connectivity index (χ2v) is 5.13. The topological polar surface area (TPSA) is 63.6 Å². The Bertz CT molecular complexity index is 871. The van der Waals surface area contributed by atoms with E-state index < -0.39 is 5.97 Å². The predicted molar refractivity (Wildman–Crippen MR) is 89.4 cm³/mol. The number of ether oxygens (including phenoxy) is 1. The number of phenols is 1. The van der Waals surface area contributed by atoms with Crippen molar-refractivity contribution in [3.63, 3.8) is 0 Å². The summed E-state index contributed by atoms with van der Waals surface area (Å²) in [5.74, 6) is -0.942. The normalized spacial score (nSPS) is 10.2. The Hall–Kier alpha value is -3.40. The molecule has 0 saturated heterocycles. The van der Waals surface area contributed by atoms with Crippen LogP contribution < -0.4 is 4.74 Å². The van der Waals surface area contributed by atoms with Gasteiger partial charge in [0, 0.05) is 11.6 Å². The number of phenolic OH excluding ortho intramolecular Hbond substituents is 1. The maximum absolute atomic E-state index is 12.6. The molecule has 0 aromatic heterocycles. The van der Waals surface area contributed by atoms with Gasteiger partial charge in [-0.05, 0) is 24.3 Å². The molecule has 3 aromatic rings. The van der Waals surface area contributed by atoms with Crippen LogP contribution in [0.4, 0.5) is 0 Å². The molecule has 1 N–H and O–H groups in total. The molecule has 0 aliphatic heterocycles. The monoisotopic (exact) mass is 318 g/mol. The average molecular weight is 318 g/mol. The van der Waals surface area contributed by atoms with Gasteiger partial charge in [-0.25, -0.2) is 4.79 Å². The van der Waals surface area contributed by atoms with E-state index in [-0.39, 0.29) is 22.8 Å². The minimum Gasteiger partial charge on any atom is -0.508 e. The number of benzene rings is 3. The van der Waals surface area contributed by atoms with Crippen molar-refractivity contribution in [2.24, 2.45) is 0 Å². The minimum absolute atomic E-state index is 0.0257. The first-order chi connectivity index (χ1) is 11.6. The highest BCUT2D eigenvalue weighted by molar-refractivity contribution is 6.11. The first-order valence-electron chi connectivity index (χ1n) is 7.35. The van der Waals surface area contributed by atoms with Crippen LogP contribution >= 0.6 is 0 Å². The van der Waals surface area contributed by atoms with Crippen LogP contribution in [-0.4, -0.2) is 16.9 Å². The minimum atomic E-state index is -0.594. The molecule has 0 bridgehead atoms. The summed E-state index contributed by atoms with van der Waals surface area (Å²) in [5, 5.41) is 9.67. The molecule has 0 fully saturated rings. The van der Waals surface area contributed by atoms with Gasteiger partial charge >= 0.3 is 5.97 Å². The van der Waals surface area contributed by atoms with Gasteiger partial charge in [-0.2, -0.15) is 0 Å². The van der Waals surface area contributed by atoms with Gasteiger partial charge in [0.1, 0.15) is 11.5 Å². The summed E-state index contributed by atoms with van der Waals surface area (Å²) in [6, 6.07) is 21.2. The molecule has 3 aromatic carbocycles. The maximum atomic E-state index is 12.6. The van der Waals surface area contributed by atoms with Crippen molar-refractivity contribution >= 4 is 11.8 Å². The Kier molecular flexibility index (Phi) is 4.38. The van der Waals surface area contributed by atoms with Crippen molar-refractivity contribution in [3.8, 4) is 11.5 Å². The summed E-state index contributed by atoms with van der Waals surface area (Å²) < 4.78 is 5.34. The lowest BCUT2D eigenvalue weighted by molar-refractivity contribution is 0.0733. The lowest BCUT2D eigenvalue weighted by atomic mass is 10.0. The van der Waals surface area contributed by atoms with Crippen molar-refractivity contribution in [1.82, 2.24) is 0 Å². The van der Waals surface area contributed by atoms with E-state index >= 15 is 0 Å². The van der Waals surface area contributed by atoms with Crippen LogP contribution in [0.15, 0.2) is 78.9 Å². The Balaban J connectivity index is 1.95. The number of hydrogen-bond acceptors (Lipinski definition) is 4. The van der Waals surface area contributed by atoms with Crippen LogP contribution in [0.25, 0.3) is 0 Å². The fraction of sp³-hybridized carbons (Fsp3) is 0. The van der Waals surface area contributed by atoms with Crippen molar-refractivity contribution in [1.29, 1.82) is 0 Å². The largest absolute Gasteiger partial charge is 0.508 e. The molecular formula is C20H14O4. The van der Waals surface area contributed by atoms with E-state index in [9.17, 15) is 14.7 Å². The van der Waals surface area contributed by atoms with Crippen LogP contribution in [0.2, 0.25) is 0 Å². The van der Waals surface area contributed by atoms with Crippen LogP contribution in [0, 0.1) is 0 Å². The molecule has 3 rings (SSSR count). The molecular weight excluding hydrogens is 304 g/mol. The molecule has 0 heterocycles. The van der Waals surface area contributed by atoms with Crippen molar-refractivity contribution in [2.75, 3.05) is 0 Å². The number of aromatic hydroxyl groups is 1. The third kappa shape index (κ3) is 3.33. The van der Waals surface area contributed by atoms with Gasteiger partial charge in [0.25, 0.3) is 0 Å². The molecule has 118 valence electrons. The summed E-state index contributed by atoms with van der Waals surface area (Å²) in [5.41, 5.74) is 1.04. The van der Waals surface area contributed by atoms with E-state index in [1.807, 2.05) is 6.07 Å². The molecule has 4 heteroatoms. The Morgan fingerprint density at radius 3 is 1.96 bits per heavy atom. The highest BCUT2D eigenvalue weighted by Gasteiger charge is 2.18. The van der Waals surface area contributed by atoms with Crippen molar-refractivity contribution in [2.45, 2.75) is 0 Å². The summed E-state index contributed by atoms with van der Waals surface area (Å²) in [6.07, 6.45) is 0. The van der Waals surface area contributed by atoms with E-state index in [1.165, 1.54) is 18.2 Å². The third-order valence-corrected chi connectivity index (χ3v) is 3.46. The number of ketones is 1. The van der Waals surface area contributed by atoms with Crippen molar-refractivity contribution < 1.29 is 19.4 Å². The zero-order valence-corrected chi connectivity index (χ0v) is 12.7. The number of hydrogen-bond donors (Lipinski definition) is 1. The fourth-order valence-corrected chi connectivity index (χ4v) is 2.26. The van der Waals surface area contributed by atoms with Gasteiger partial charge in [-0.3, -0.25) is 4.79 Å². The number of carbonyl (C=O) groups is 2. The van der Waals surface area contributed by atoms with Crippen LogP contribution in [0.5, 0.6) is 11.5 Å². The standard InChI is InChI=1S/C20H14O4/c21-16-11-12-17(19(22)14-7-3-1-4-8-14)18(13-16)24-20(23)15-9-5-2-6-10-15/h1-13,21H. The van der Waals surface area contributed by atoms with E-state index in [2.05, 4.69) is 0 Å². The van der Waals surface area contributed by atoms with Crippen LogP contribution in [0.1, 0.15) is 26.3 Å². The lowest BCUT2D eigenvalue weighted by Gasteiger charge is -2.10. The van der Waals surface area contributed by atoms with Gasteiger partial charge in [0.2, 0.25) is 0 Å². The molecule has 0 atom stereocenters. The summed E-state index contributed by atoms with van der Waals surface area (Å²) in [7, 11) is 0. The lowest BCUT2D eigenvalue weighted by Crippen LogP contribution is -2.12. The third-order valence-electron chi connectivity index (χ3n) is 3.46. The van der Waals surface area contributed by atoms with Gasteiger partial charge in [-0.1, -0.05) is 48.5 Å². The molecule has 4 nitrogen and oxygen atoms in total. The average Bonchev–Trinajstić information content (AvgIpc) is 2.63. The Labute approximate surface area is 139 Å². The van der Waals surface area contributed by atoms with E-state index in [1.54, 1.807) is 54.6 Å². The van der Waals surface area contributed by atoms with E-state index in [0.29, 0.717) is 11.1 Å². The Morgan fingerprint density at radius 1 is 0.750 bits per heavy atom. The molecule has 24 heavy (non-hydrogen) atoms. The number of rotatable bonds is 4. The van der Waals surface area contributed by atoms with Gasteiger partial charge in [0.05, 0.1) is 11.1 Å². The van der Waals surface area contributed by atoms with Crippen LogP contribution in [0.3, 0.4) is 0 Å². The highest BCUT2D eigenvalue weighted by Crippen LogP contribution is 2.27. The van der Waals surface area contributed by atoms with E-state index in [0.717, 1.165) is 0 Å². The van der Waals surface area contributed by atoms with Gasteiger partial charge in [0.15, 0.2) is 5.78 Å². The second-order valence-electron chi connectivity index (χ2n) is 5.13. The summed E-state index contributed by atoms with van der Waals surface area (Å²) >= 11 is 0. The fourth-order valence-electron chi connectivity index (χ4n) is 2.26. The zero-order chi connectivity index (χ0) is 16.9. The predicted octanol–water partition coefficient (Wildman–Crippen LogP) is 3.84. The highest BCUT2D eigenvalue weighted by atomic mass is 16.5. The van der Waals surface area contributed by atoms with Crippen LogP contribution in [-0.2, 0) is 0 Å². The first-order valence-corrected chi connectivity index (χ1v) is 7.35. The molecule has 0 aliphatic carbocycles. The van der Waals surface area contributed by atoms with Crippen molar-refractivity contribution in [3.05, 3.63) is 95.6 Å². The molecule has 0 unspecified atom stereocenters. The summed E-state index contributed by atoms with van der Waals surface area (Å²) in [4.78, 5) is 24.8. The Morgan fingerprint density at radius 2 is 1.33 bits per heavy atom. The van der Waals surface area contributed by atoms with Gasteiger partial charge in [-0.15, -0.1) is 0 Å². The first kappa shape index (κ1) is 15.5. The SMILES string of the molecule is O=C(Oc1cc(O)ccc1C(=O)c1ccccc1)c1ccccc1. The van der Waals surface area contributed by atoms with E-state index in [4.69, 9.17) is 4.74 Å².